The van der Waals surface area contributed by atoms with E-state index in [1.807, 2.05) is 42.5 Å². The maximum absolute atomic E-state index is 9.54. The summed E-state index contributed by atoms with van der Waals surface area (Å²) in [5.41, 5.74) is 4.55. The molecular weight excluding hydrogens is 244 g/mol. The van der Waals surface area contributed by atoms with Gasteiger partial charge in [0, 0.05) is 18.7 Å². The van der Waals surface area contributed by atoms with Gasteiger partial charge >= 0.3 is 0 Å². The standard InChI is InChI=1S/C18H16N2/c1-14-13-20(16-8-3-2-4-9-16)17(12-19)11-15-7-5-6-10-18(14)15/h2-10,17H,1,11,13H2. The fourth-order valence-electron chi connectivity index (χ4n) is 2.77. The van der Waals surface area contributed by atoms with Crippen molar-refractivity contribution in [2.45, 2.75) is 12.5 Å². The molecule has 0 saturated carbocycles. The summed E-state index contributed by atoms with van der Waals surface area (Å²) in [6, 6.07) is 20.6. The van der Waals surface area contributed by atoms with Gasteiger partial charge < -0.3 is 4.90 Å². The van der Waals surface area contributed by atoms with Gasteiger partial charge in [0.2, 0.25) is 0 Å². The van der Waals surface area contributed by atoms with Crippen molar-refractivity contribution in [3.8, 4) is 6.07 Å². The second-order valence-corrected chi connectivity index (χ2v) is 5.07. The number of hydrogen-bond donors (Lipinski definition) is 0. The molecule has 3 rings (SSSR count). The van der Waals surface area contributed by atoms with Crippen molar-refractivity contribution in [2.75, 3.05) is 11.4 Å². The molecule has 0 saturated heterocycles. The lowest BCUT2D eigenvalue weighted by molar-refractivity contribution is 0.742. The molecule has 20 heavy (non-hydrogen) atoms. The lowest BCUT2D eigenvalue weighted by Crippen LogP contribution is -2.35. The minimum Gasteiger partial charge on any atom is -0.351 e. The van der Waals surface area contributed by atoms with E-state index < -0.39 is 0 Å². The minimum atomic E-state index is -0.155. The molecule has 1 aliphatic heterocycles. The molecule has 0 amide bonds. The molecule has 1 heterocycles. The molecule has 0 radical (unpaired) electrons. The Morgan fingerprint density at radius 2 is 1.75 bits per heavy atom. The highest BCUT2D eigenvalue weighted by molar-refractivity contribution is 5.73. The Balaban J connectivity index is 2.03. The number of hydrogen-bond acceptors (Lipinski definition) is 2. The topological polar surface area (TPSA) is 27.0 Å². The van der Waals surface area contributed by atoms with Crippen LogP contribution in [0.3, 0.4) is 0 Å². The van der Waals surface area contributed by atoms with Gasteiger partial charge in [-0.25, -0.2) is 0 Å². The van der Waals surface area contributed by atoms with Crippen LogP contribution in [0.25, 0.3) is 5.57 Å². The van der Waals surface area contributed by atoms with Gasteiger partial charge in [0.05, 0.1) is 6.07 Å². The molecule has 98 valence electrons. The van der Waals surface area contributed by atoms with Gasteiger partial charge in [0.15, 0.2) is 0 Å². The average Bonchev–Trinajstić information content (AvgIpc) is 2.65. The Bertz CT molecular complexity index is 667. The van der Waals surface area contributed by atoms with Gasteiger partial charge in [-0.1, -0.05) is 49.0 Å². The van der Waals surface area contributed by atoms with Crippen LogP contribution in [-0.4, -0.2) is 12.6 Å². The van der Waals surface area contributed by atoms with Crippen LogP contribution in [0.5, 0.6) is 0 Å². The van der Waals surface area contributed by atoms with E-state index in [9.17, 15) is 5.26 Å². The lowest BCUT2D eigenvalue weighted by atomic mass is 9.99. The monoisotopic (exact) mass is 260 g/mol. The largest absolute Gasteiger partial charge is 0.351 e. The van der Waals surface area contributed by atoms with E-state index in [1.54, 1.807) is 0 Å². The second-order valence-electron chi connectivity index (χ2n) is 5.07. The zero-order valence-corrected chi connectivity index (χ0v) is 11.3. The van der Waals surface area contributed by atoms with E-state index in [0.717, 1.165) is 17.7 Å². The van der Waals surface area contributed by atoms with E-state index in [4.69, 9.17) is 0 Å². The van der Waals surface area contributed by atoms with Crippen LogP contribution in [0.15, 0.2) is 61.2 Å². The van der Waals surface area contributed by atoms with Crippen LogP contribution in [0.2, 0.25) is 0 Å². The van der Waals surface area contributed by atoms with E-state index in [1.165, 1.54) is 11.1 Å². The molecule has 2 nitrogen and oxygen atoms in total. The molecule has 0 fully saturated rings. The quantitative estimate of drug-likeness (QED) is 0.782. The fraction of sp³-hybridized carbons (Fsp3) is 0.167. The second kappa shape index (κ2) is 5.22. The number of benzene rings is 2. The third-order valence-electron chi connectivity index (χ3n) is 3.79. The first-order valence-electron chi connectivity index (χ1n) is 6.77. The maximum atomic E-state index is 9.54. The summed E-state index contributed by atoms with van der Waals surface area (Å²) in [5.74, 6) is 0. The van der Waals surface area contributed by atoms with Gasteiger partial charge in [-0.15, -0.1) is 0 Å². The van der Waals surface area contributed by atoms with Crippen molar-refractivity contribution in [1.82, 2.24) is 0 Å². The molecule has 1 unspecified atom stereocenters. The van der Waals surface area contributed by atoms with Crippen LogP contribution in [0, 0.1) is 11.3 Å². The molecule has 2 aromatic rings. The molecule has 0 N–H and O–H groups in total. The van der Waals surface area contributed by atoms with Gasteiger partial charge in [-0.05, 0) is 28.8 Å². The molecule has 1 aliphatic rings. The summed E-state index contributed by atoms with van der Waals surface area (Å²) >= 11 is 0. The van der Waals surface area contributed by atoms with Crippen molar-refractivity contribution >= 4 is 11.3 Å². The molecule has 0 spiro atoms. The first kappa shape index (κ1) is 12.5. The van der Waals surface area contributed by atoms with Gasteiger partial charge in [0.1, 0.15) is 6.04 Å². The molecule has 2 aromatic carbocycles. The lowest BCUT2D eigenvalue weighted by Gasteiger charge is -2.27. The minimum absolute atomic E-state index is 0.155. The highest BCUT2D eigenvalue weighted by Crippen LogP contribution is 2.29. The van der Waals surface area contributed by atoms with E-state index >= 15 is 0 Å². The summed E-state index contributed by atoms with van der Waals surface area (Å²) in [4.78, 5) is 2.14. The van der Waals surface area contributed by atoms with Gasteiger partial charge in [0.25, 0.3) is 0 Å². The first-order chi connectivity index (χ1) is 9.79. The number of nitriles is 1. The summed E-state index contributed by atoms with van der Waals surface area (Å²) in [5, 5.41) is 9.54. The highest BCUT2D eigenvalue weighted by atomic mass is 15.2. The molecule has 2 heteroatoms. The van der Waals surface area contributed by atoms with Gasteiger partial charge in [-0.3, -0.25) is 0 Å². The Morgan fingerprint density at radius 3 is 2.50 bits per heavy atom. The average molecular weight is 260 g/mol. The van der Waals surface area contributed by atoms with E-state index in [2.05, 4.69) is 29.7 Å². The van der Waals surface area contributed by atoms with Crippen LogP contribution in [-0.2, 0) is 6.42 Å². The van der Waals surface area contributed by atoms with E-state index in [-0.39, 0.29) is 6.04 Å². The summed E-state index contributed by atoms with van der Waals surface area (Å²) in [6.45, 7) is 4.90. The fourth-order valence-corrected chi connectivity index (χ4v) is 2.77. The molecule has 0 bridgehead atoms. The number of anilines is 1. The Labute approximate surface area is 119 Å². The SMILES string of the molecule is C=C1CN(c2ccccc2)C(C#N)Cc2ccccc21. The summed E-state index contributed by atoms with van der Waals surface area (Å²) in [7, 11) is 0. The van der Waals surface area contributed by atoms with Crippen LogP contribution in [0.4, 0.5) is 5.69 Å². The highest BCUT2D eigenvalue weighted by Gasteiger charge is 2.25. The molecule has 1 atom stereocenters. The Morgan fingerprint density at radius 1 is 1.05 bits per heavy atom. The smallest absolute Gasteiger partial charge is 0.121 e. The van der Waals surface area contributed by atoms with Crippen LogP contribution >= 0.6 is 0 Å². The number of rotatable bonds is 1. The molecule has 0 aliphatic carbocycles. The maximum Gasteiger partial charge on any atom is 0.121 e. The number of fused-ring (bicyclic) bond motifs is 1. The summed E-state index contributed by atoms with van der Waals surface area (Å²) in [6.07, 6.45) is 0.737. The Hall–Kier alpha value is -2.53. The predicted molar refractivity (Wildman–Crippen MR) is 82.4 cm³/mol. The zero-order valence-electron chi connectivity index (χ0n) is 11.3. The third-order valence-corrected chi connectivity index (χ3v) is 3.79. The van der Waals surface area contributed by atoms with Crippen LogP contribution < -0.4 is 4.90 Å². The van der Waals surface area contributed by atoms with Crippen molar-refractivity contribution in [2.24, 2.45) is 0 Å². The van der Waals surface area contributed by atoms with Crippen molar-refractivity contribution < 1.29 is 0 Å². The zero-order chi connectivity index (χ0) is 13.9. The predicted octanol–water partition coefficient (Wildman–Crippen LogP) is 3.65. The Kier molecular flexibility index (Phi) is 3.26. The van der Waals surface area contributed by atoms with Crippen LogP contribution in [0.1, 0.15) is 11.1 Å². The first-order valence-corrected chi connectivity index (χ1v) is 6.77. The van der Waals surface area contributed by atoms with Gasteiger partial charge in [-0.2, -0.15) is 5.26 Å². The van der Waals surface area contributed by atoms with Crippen molar-refractivity contribution in [3.05, 3.63) is 72.3 Å². The number of para-hydroxylation sites is 1. The van der Waals surface area contributed by atoms with E-state index in [0.29, 0.717) is 6.54 Å². The third kappa shape index (κ3) is 2.19. The molecular formula is C18H16N2. The summed E-state index contributed by atoms with van der Waals surface area (Å²) < 4.78 is 0. The number of nitrogens with zero attached hydrogens (tertiary/aromatic N) is 2. The van der Waals surface area contributed by atoms with Crippen molar-refractivity contribution in [3.63, 3.8) is 0 Å². The van der Waals surface area contributed by atoms with Crippen molar-refractivity contribution in [1.29, 1.82) is 5.26 Å². The normalized spacial score (nSPS) is 18.1. The molecule has 0 aromatic heterocycles.